The number of hydrogen-bond acceptors (Lipinski definition) is 4. The molecule has 4 rings (SSSR count). The molecule has 1 amide bonds. The zero-order valence-corrected chi connectivity index (χ0v) is 14.6. The summed E-state index contributed by atoms with van der Waals surface area (Å²) in [6.07, 6.45) is 5.21. The molecular weight excluding hydrogens is 328 g/mol. The fourth-order valence-corrected chi connectivity index (χ4v) is 3.55. The minimum absolute atomic E-state index is 0.0497. The highest BCUT2D eigenvalue weighted by molar-refractivity contribution is 5.95. The smallest absolute Gasteiger partial charge is 0.254 e. The van der Waals surface area contributed by atoms with E-state index in [2.05, 4.69) is 10.2 Å². The van der Waals surface area contributed by atoms with Crippen LogP contribution in [0.4, 0.5) is 0 Å². The summed E-state index contributed by atoms with van der Waals surface area (Å²) in [5.41, 5.74) is 2.68. The Hall–Kier alpha value is -3.15. The number of benzene rings is 2. The van der Waals surface area contributed by atoms with Gasteiger partial charge in [0.05, 0.1) is 13.2 Å². The maximum atomic E-state index is 13.1. The van der Waals surface area contributed by atoms with E-state index < -0.39 is 0 Å². The molecule has 1 atom stereocenters. The van der Waals surface area contributed by atoms with Crippen molar-refractivity contribution in [3.05, 3.63) is 72.3 Å². The molecule has 0 unspecified atom stereocenters. The van der Waals surface area contributed by atoms with Crippen LogP contribution >= 0.6 is 0 Å². The molecule has 0 saturated carbocycles. The van der Waals surface area contributed by atoms with Crippen molar-refractivity contribution in [2.45, 2.75) is 18.9 Å². The van der Waals surface area contributed by atoms with Gasteiger partial charge in [-0.2, -0.15) is 0 Å². The zero-order valence-electron chi connectivity index (χ0n) is 14.6. The highest BCUT2D eigenvalue weighted by atomic mass is 16.5. The molecule has 26 heavy (non-hydrogen) atoms. The third-order valence-corrected chi connectivity index (χ3v) is 4.84. The van der Waals surface area contributed by atoms with Crippen molar-refractivity contribution in [3.63, 3.8) is 0 Å². The van der Waals surface area contributed by atoms with Gasteiger partial charge in [0.1, 0.15) is 18.4 Å². The van der Waals surface area contributed by atoms with Crippen LogP contribution in [0.3, 0.4) is 0 Å². The van der Waals surface area contributed by atoms with Gasteiger partial charge in [-0.3, -0.25) is 9.36 Å². The molecule has 2 aromatic carbocycles. The molecule has 0 aliphatic carbocycles. The number of carbonyl (C=O) groups excluding carboxylic acids is 1. The van der Waals surface area contributed by atoms with E-state index in [0.29, 0.717) is 5.56 Å². The van der Waals surface area contributed by atoms with Crippen LogP contribution in [0.2, 0.25) is 0 Å². The highest BCUT2D eigenvalue weighted by Gasteiger charge is 2.32. The van der Waals surface area contributed by atoms with Crippen LogP contribution < -0.4 is 4.74 Å². The zero-order chi connectivity index (χ0) is 17.9. The average molecular weight is 348 g/mol. The van der Waals surface area contributed by atoms with E-state index in [-0.39, 0.29) is 11.9 Å². The van der Waals surface area contributed by atoms with Crippen LogP contribution in [0.5, 0.6) is 5.75 Å². The number of likely N-dealkylation sites (tertiary alicyclic amines) is 1. The van der Waals surface area contributed by atoms with Crippen LogP contribution in [-0.2, 0) is 0 Å². The first kappa shape index (κ1) is 16.3. The molecule has 0 spiro atoms. The van der Waals surface area contributed by atoms with Gasteiger partial charge in [0.2, 0.25) is 0 Å². The summed E-state index contributed by atoms with van der Waals surface area (Å²) in [7, 11) is 1.67. The molecule has 1 aliphatic rings. The van der Waals surface area contributed by atoms with Crippen molar-refractivity contribution < 1.29 is 9.53 Å². The molecule has 1 aliphatic heterocycles. The second-order valence-corrected chi connectivity index (χ2v) is 6.31. The molecule has 1 fully saturated rings. The van der Waals surface area contributed by atoms with Crippen molar-refractivity contribution in [3.8, 4) is 11.4 Å². The molecule has 0 radical (unpaired) electrons. The lowest BCUT2D eigenvalue weighted by Crippen LogP contribution is -2.30. The summed E-state index contributed by atoms with van der Waals surface area (Å²) in [4.78, 5) is 15.0. The third-order valence-electron chi connectivity index (χ3n) is 4.84. The lowest BCUT2D eigenvalue weighted by Gasteiger charge is -2.26. The predicted molar refractivity (Wildman–Crippen MR) is 97.4 cm³/mol. The van der Waals surface area contributed by atoms with E-state index in [1.807, 2.05) is 58.0 Å². The molecule has 3 aromatic rings. The Kier molecular flexibility index (Phi) is 4.39. The van der Waals surface area contributed by atoms with Crippen LogP contribution in [0.1, 0.15) is 34.8 Å². The average Bonchev–Trinajstić information content (AvgIpc) is 3.39. The first-order valence-corrected chi connectivity index (χ1v) is 8.67. The van der Waals surface area contributed by atoms with E-state index in [1.54, 1.807) is 19.8 Å². The minimum Gasteiger partial charge on any atom is -0.496 e. The normalized spacial score (nSPS) is 16.7. The number of aromatic nitrogens is 3. The number of rotatable bonds is 4. The summed E-state index contributed by atoms with van der Waals surface area (Å²) in [6.45, 7) is 0.759. The van der Waals surface area contributed by atoms with E-state index in [1.165, 1.54) is 0 Å². The lowest BCUT2D eigenvalue weighted by atomic mass is 10.0. The molecule has 1 aromatic heterocycles. The van der Waals surface area contributed by atoms with Crippen molar-refractivity contribution in [2.24, 2.45) is 0 Å². The van der Waals surface area contributed by atoms with Gasteiger partial charge in [-0.1, -0.05) is 18.2 Å². The van der Waals surface area contributed by atoms with Crippen molar-refractivity contribution in [1.29, 1.82) is 0 Å². The molecule has 2 heterocycles. The Labute approximate surface area is 152 Å². The van der Waals surface area contributed by atoms with Gasteiger partial charge in [-0.25, -0.2) is 0 Å². The number of methoxy groups -OCH3 is 1. The Balaban J connectivity index is 1.59. The van der Waals surface area contributed by atoms with Gasteiger partial charge in [-0.15, -0.1) is 10.2 Å². The van der Waals surface area contributed by atoms with Crippen molar-refractivity contribution >= 4 is 5.91 Å². The number of para-hydroxylation sites is 1. The number of nitrogens with zero attached hydrogens (tertiary/aromatic N) is 4. The van der Waals surface area contributed by atoms with Crippen LogP contribution in [0.25, 0.3) is 5.69 Å². The first-order chi connectivity index (χ1) is 12.8. The van der Waals surface area contributed by atoms with Crippen LogP contribution in [0.15, 0.2) is 61.2 Å². The fourth-order valence-electron chi connectivity index (χ4n) is 3.55. The molecular formula is C20H20N4O2. The maximum Gasteiger partial charge on any atom is 0.254 e. The maximum absolute atomic E-state index is 13.1. The topological polar surface area (TPSA) is 60.2 Å². The molecule has 1 saturated heterocycles. The number of ether oxygens (including phenoxy) is 1. The summed E-state index contributed by atoms with van der Waals surface area (Å²) < 4.78 is 7.30. The van der Waals surface area contributed by atoms with Gasteiger partial charge in [-0.05, 0) is 43.2 Å². The second-order valence-electron chi connectivity index (χ2n) is 6.31. The highest BCUT2D eigenvalue weighted by Crippen LogP contribution is 2.37. The Morgan fingerprint density at radius 2 is 1.81 bits per heavy atom. The quantitative estimate of drug-likeness (QED) is 0.726. The van der Waals surface area contributed by atoms with Gasteiger partial charge >= 0.3 is 0 Å². The second kappa shape index (κ2) is 7.00. The predicted octanol–water partition coefficient (Wildman–Crippen LogP) is 3.25. The van der Waals surface area contributed by atoms with Crippen molar-refractivity contribution in [2.75, 3.05) is 13.7 Å². The standard InChI is InChI=1S/C20H20N4O2/c1-26-19-7-3-2-5-17(19)18-6-4-12-24(18)20(25)15-8-10-16(11-9-15)23-13-21-22-14-23/h2-3,5,7-11,13-14,18H,4,6,12H2,1H3/t18-/m0/s1. The first-order valence-electron chi connectivity index (χ1n) is 8.67. The molecule has 0 bridgehead atoms. The Bertz CT molecular complexity index is 890. The number of amides is 1. The van der Waals surface area contributed by atoms with E-state index in [4.69, 9.17) is 4.74 Å². The Morgan fingerprint density at radius 3 is 2.54 bits per heavy atom. The van der Waals surface area contributed by atoms with Gasteiger partial charge in [0, 0.05) is 23.4 Å². The van der Waals surface area contributed by atoms with E-state index in [9.17, 15) is 4.79 Å². The summed E-state index contributed by atoms with van der Waals surface area (Å²) in [5.74, 6) is 0.883. The van der Waals surface area contributed by atoms with Crippen LogP contribution in [-0.4, -0.2) is 39.2 Å². The van der Waals surface area contributed by atoms with Gasteiger partial charge < -0.3 is 9.64 Å². The third kappa shape index (κ3) is 2.94. The summed E-state index contributed by atoms with van der Waals surface area (Å²) in [6, 6.07) is 15.5. The molecule has 6 nitrogen and oxygen atoms in total. The monoisotopic (exact) mass is 348 g/mol. The lowest BCUT2D eigenvalue weighted by molar-refractivity contribution is 0.0734. The summed E-state index contributed by atoms with van der Waals surface area (Å²) in [5, 5.41) is 7.61. The van der Waals surface area contributed by atoms with Crippen LogP contribution in [0, 0.1) is 0 Å². The largest absolute Gasteiger partial charge is 0.496 e. The van der Waals surface area contributed by atoms with E-state index >= 15 is 0 Å². The SMILES string of the molecule is COc1ccccc1[C@@H]1CCCN1C(=O)c1ccc(-n2cnnc2)cc1. The number of hydrogen-bond donors (Lipinski definition) is 0. The fraction of sp³-hybridized carbons (Fsp3) is 0.250. The van der Waals surface area contributed by atoms with Crippen molar-refractivity contribution in [1.82, 2.24) is 19.7 Å². The molecule has 0 N–H and O–H groups in total. The summed E-state index contributed by atoms with van der Waals surface area (Å²) >= 11 is 0. The van der Waals surface area contributed by atoms with Gasteiger partial charge in [0.25, 0.3) is 5.91 Å². The molecule has 132 valence electrons. The molecule has 6 heteroatoms. The van der Waals surface area contributed by atoms with E-state index in [0.717, 1.165) is 36.4 Å². The minimum atomic E-state index is 0.0497. The number of carbonyl (C=O) groups is 1. The van der Waals surface area contributed by atoms with Gasteiger partial charge in [0.15, 0.2) is 0 Å². The Morgan fingerprint density at radius 1 is 1.08 bits per heavy atom.